The van der Waals surface area contributed by atoms with Gasteiger partial charge in [0.2, 0.25) is 5.91 Å². The zero-order chi connectivity index (χ0) is 19.0. The Morgan fingerprint density at radius 2 is 2.11 bits per heavy atom. The highest BCUT2D eigenvalue weighted by Crippen LogP contribution is 2.32. The Balaban J connectivity index is 1.57. The lowest BCUT2D eigenvalue weighted by atomic mass is 10.0. The van der Waals surface area contributed by atoms with E-state index in [0.29, 0.717) is 25.3 Å². The Kier molecular flexibility index (Phi) is 4.43. The Morgan fingerprint density at radius 1 is 1.26 bits per heavy atom. The number of carbonyl (C=O) groups is 1. The van der Waals surface area contributed by atoms with E-state index < -0.39 is 0 Å². The van der Waals surface area contributed by atoms with Crippen LogP contribution in [0.1, 0.15) is 28.3 Å². The molecule has 4 rings (SSSR count). The Morgan fingerprint density at radius 3 is 2.85 bits per heavy atom. The van der Waals surface area contributed by atoms with Gasteiger partial charge in [0.1, 0.15) is 23.0 Å². The summed E-state index contributed by atoms with van der Waals surface area (Å²) in [5.41, 5.74) is 4.27. The third kappa shape index (κ3) is 3.20. The van der Waals surface area contributed by atoms with Crippen molar-refractivity contribution in [2.24, 2.45) is 0 Å². The summed E-state index contributed by atoms with van der Waals surface area (Å²) >= 11 is 0. The molecular weight excluding hydrogens is 346 g/mol. The Hall–Kier alpha value is -3.09. The summed E-state index contributed by atoms with van der Waals surface area (Å²) in [6.45, 7) is 4.78. The highest BCUT2D eigenvalue weighted by molar-refractivity contribution is 5.80. The van der Waals surface area contributed by atoms with E-state index in [2.05, 4.69) is 10.3 Å². The molecule has 0 aliphatic carbocycles. The number of carbonyl (C=O) groups excluding carboxylic acids is 1. The van der Waals surface area contributed by atoms with Gasteiger partial charge in [-0.3, -0.25) is 4.79 Å². The summed E-state index contributed by atoms with van der Waals surface area (Å²) in [6, 6.07) is 7.68. The zero-order valence-corrected chi connectivity index (χ0v) is 15.6. The summed E-state index contributed by atoms with van der Waals surface area (Å²) in [5.74, 6) is 2.34. The van der Waals surface area contributed by atoms with Crippen LogP contribution in [0, 0.1) is 13.8 Å². The van der Waals surface area contributed by atoms with Crippen LogP contribution >= 0.6 is 0 Å². The lowest BCUT2D eigenvalue weighted by Gasteiger charge is -2.26. The van der Waals surface area contributed by atoms with E-state index in [1.165, 1.54) is 0 Å². The number of ether oxygens (including phenoxy) is 1. The van der Waals surface area contributed by atoms with Crippen molar-refractivity contribution in [1.82, 2.24) is 15.2 Å². The molecule has 7 heteroatoms. The van der Waals surface area contributed by atoms with Gasteiger partial charge in [-0.2, -0.15) is 0 Å². The largest absolute Gasteiger partial charge is 0.497 e. The van der Waals surface area contributed by atoms with Crippen molar-refractivity contribution in [3.05, 3.63) is 52.6 Å². The molecule has 0 radical (unpaired) electrons. The van der Waals surface area contributed by atoms with Crippen LogP contribution in [0.4, 0.5) is 0 Å². The first kappa shape index (κ1) is 17.3. The number of amides is 1. The van der Waals surface area contributed by atoms with Crippen molar-refractivity contribution in [3.8, 4) is 17.0 Å². The number of hydrogen-bond donors (Lipinski definition) is 0. The van der Waals surface area contributed by atoms with Gasteiger partial charge in [-0.1, -0.05) is 22.4 Å². The molecule has 1 amide bonds. The summed E-state index contributed by atoms with van der Waals surface area (Å²) < 4.78 is 16.0. The third-order valence-electron chi connectivity index (χ3n) is 5.03. The third-order valence-corrected chi connectivity index (χ3v) is 5.03. The monoisotopic (exact) mass is 367 g/mol. The van der Waals surface area contributed by atoms with E-state index in [1.54, 1.807) is 7.11 Å². The van der Waals surface area contributed by atoms with Crippen LogP contribution in [0.15, 0.2) is 33.3 Å². The van der Waals surface area contributed by atoms with Gasteiger partial charge < -0.3 is 18.7 Å². The topological polar surface area (TPSA) is 81.6 Å². The molecule has 0 saturated heterocycles. The van der Waals surface area contributed by atoms with Gasteiger partial charge in [0, 0.05) is 29.7 Å². The van der Waals surface area contributed by atoms with Crippen LogP contribution in [0.25, 0.3) is 11.3 Å². The van der Waals surface area contributed by atoms with E-state index in [-0.39, 0.29) is 12.3 Å². The molecule has 0 unspecified atom stereocenters. The SMILES string of the molecule is COc1cccc(-c2noc3c2CN(C(=O)Cc2c(C)noc2C)CC3)c1. The first-order valence-corrected chi connectivity index (χ1v) is 8.88. The van der Waals surface area contributed by atoms with Gasteiger partial charge >= 0.3 is 0 Å². The molecule has 0 spiro atoms. The van der Waals surface area contributed by atoms with Gasteiger partial charge in [0.05, 0.1) is 25.8 Å². The van der Waals surface area contributed by atoms with Crippen molar-refractivity contribution >= 4 is 5.91 Å². The number of rotatable bonds is 4. The predicted octanol–water partition coefficient (Wildman–Crippen LogP) is 3.08. The van der Waals surface area contributed by atoms with Crippen molar-refractivity contribution in [2.75, 3.05) is 13.7 Å². The fourth-order valence-corrected chi connectivity index (χ4v) is 3.44. The van der Waals surface area contributed by atoms with Crippen LogP contribution in [-0.4, -0.2) is 34.8 Å². The second kappa shape index (κ2) is 6.90. The van der Waals surface area contributed by atoms with Gasteiger partial charge in [-0.15, -0.1) is 0 Å². The standard InChI is InChI=1S/C20H21N3O4/c1-12-16(13(2)26-21-12)10-19(24)23-8-7-18-17(11-23)20(22-27-18)14-5-4-6-15(9-14)25-3/h4-6,9H,7-8,10-11H2,1-3H3. The minimum atomic E-state index is 0.0489. The summed E-state index contributed by atoms with van der Waals surface area (Å²) in [4.78, 5) is 14.7. The van der Waals surface area contributed by atoms with Gasteiger partial charge in [-0.25, -0.2) is 0 Å². The average Bonchev–Trinajstić information content (AvgIpc) is 3.25. The summed E-state index contributed by atoms with van der Waals surface area (Å²) in [5, 5.41) is 8.18. The summed E-state index contributed by atoms with van der Waals surface area (Å²) in [6.07, 6.45) is 0.940. The minimum Gasteiger partial charge on any atom is -0.497 e. The van der Waals surface area contributed by atoms with Gasteiger partial charge in [-0.05, 0) is 26.0 Å². The highest BCUT2D eigenvalue weighted by Gasteiger charge is 2.28. The number of benzene rings is 1. The fourth-order valence-electron chi connectivity index (χ4n) is 3.44. The van der Waals surface area contributed by atoms with Crippen LogP contribution in [0.5, 0.6) is 5.75 Å². The number of aromatic nitrogens is 2. The molecule has 3 heterocycles. The molecular formula is C20H21N3O4. The number of fused-ring (bicyclic) bond motifs is 1. The molecule has 1 aromatic carbocycles. The number of aryl methyl sites for hydroxylation is 2. The molecule has 3 aromatic rings. The summed E-state index contributed by atoms with van der Waals surface area (Å²) in [7, 11) is 1.63. The maximum Gasteiger partial charge on any atom is 0.227 e. The van der Waals surface area contributed by atoms with Crippen LogP contribution < -0.4 is 4.74 Å². The van der Waals surface area contributed by atoms with E-state index >= 15 is 0 Å². The number of hydrogen-bond acceptors (Lipinski definition) is 6. The van der Waals surface area contributed by atoms with Crippen molar-refractivity contribution < 1.29 is 18.6 Å². The van der Waals surface area contributed by atoms with Crippen molar-refractivity contribution in [3.63, 3.8) is 0 Å². The molecule has 140 valence electrons. The molecule has 1 aliphatic rings. The maximum absolute atomic E-state index is 12.8. The fraction of sp³-hybridized carbons (Fsp3) is 0.350. The van der Waals surface area contributed by atoms with E-state index in [4.69, 9.17) is 13.8 Å². The smallest absolute Gasteiger partial charge is 0.227 e. The Bertz CT molecular complexity index is 970. The van der Waals surface area contributed by atoms with Crippen LogP contribution in [0.2, 0.25) is 0 Å². The average molecular weight is 367 g/mol. The van der Waals surface area contributed by atoms with E-state index in [0.717, 1.165) is 39.6 Å². The predicted molar refractivity (Wildman–Crippen MR) is 97.3 cm³/mol. The van der Waals surface area contributed by atoms with Crippen LogP contribution in [-0.2, 0) is 24.2 Å². The number of methoxy groups -OCH3 is 1. The quantitative estimate of drug-likeness (QED) is 0.705. The molecule has 7 nitrogen and oxygen atoms in total. The Labute approximate surface area is 156 Å². The zero-order valence-electron chi connectivity index (χ0n) is 15.6. The number of nitrogens with zero attached hydrogens (tertiary/aromatic N) is 3. The second-order valence-electron chi connectivity index (χ2n) is 6.71. The van der Waals surface area contributed by atoms with E-state index in [1.807, 2.05) is 43.0 Å². The first-order valence-electron chi connectivity index (χ1n) is 8.88. The highest BCUT2D eigenvalue weighted by atomic mass is 16.5. The van der Waals surface area contributed by atoms with Gasteiger partial charge in [0.15, 0.2) is 0 Å². The molecule has 27 heavy (non-hydrogen) atoms. The molecule has 0 saturated carbocycles. The van der Waals surface area contributed by atoms with Crippen molar-refractivity contribution in [1.29, 1.82) is 0 Å². The lowest BCUT2D eigenvalue weighted by molar-refractivity contribution is -0.131. The molecule has 0 fully saturated rings. The normalized spacial score (nSPS) is 13.5. The van der Waals surface area contributed by atoms with Gasteiger partial charge in [0.25, 0.3) is 0 Å². The molecule has 0 bridgehead atoms. The van der Waals surface area contributed by atoms with E-state index in [9.17, 15) is 4.79 Å². The van der Waals surface area contributed by atoms with Crippen LogP contribution in [0.3, 0.4) is 0 Å². The maximum atomic E-state index is 12.8. The second-order valence-corrected chi connectivity index (χ2v) is 6.71. The molecule has 2 aromatic heterocycles. The molecule has 0 N–H and O–H groups in total. The first-order chi connectivity index (χ1) is 13.1. The molecule has 0 atom stereocenters. The van der Waals surface area contributed by atoms with Crippen molar-refractivity contribution in [2.45, 2.75) is 33.2 Å². The minimum absolute atomic E-state index is 0.0489. The lowest BCUT2D eigenvalue weighted by Crippen LogP contribution is -2.36. The molecule has 1 aliphatic heterocycles.